The normalized spacial score (nSPS) is 17.0. The lowest BCUT2D eigenvalue weighted by atomic mass is 9.96. The van der Waals surface area contributed by atoms with Crippen molar-refractivity contribution in [2.75, 3.05) is 13.1 Å². The third-order valence-corrected chi connectivity index (χ3v) is 5.54. The minimum Gasteiger partial charge on any atom is -0.360 e. The van der Waals surface area contributed by atoms with Gasteiger partial charge in [0.15, 0.2) is 5.65 Å². The van der Waals surface area contributed by atoms with Crippen LogP contribution in [-0.4, -0.2) is 43.7 Å². The van der Waals surface area contributed by atoms with E-state index in [2.05, 4.69) is 15.4 Å². The third kappa shape index (κ3) is 3.08. The van der Waals surface area contributed by atoms with Crippen molar-refractivity contribution in [3.05, 3.63) is 71.9 Å². The van der Waals surface area contributed by atoms with Crippen LogP contribution < -0.4 is 0 Å². The maximum Gasteiger partial charge on any atom is 0.259 e. The topological polar surface area (TPSA) is 76.5 Å². The lowest BCUT2D eigenvalue weighted by Gasteiger charge is -2.32. The van der Waals surface area contributed by atoms with Crippen LogP contribution in [0.2, 0.25) is 0 Å². The first-order chi connectivity index (χ1) is 14.2. The van der Waals surface area contributed by atoms with Crippen molar-refractivity contribution in [3.63, 3.8) is 0 Å². The zero-order valence-electron chi connectivity index (χ0n) is 16.2. The first-order valence-electron chi connectivity index (χ1n) is 9.83. The summed E-state index contributed by atoms with van der Waals surface area (Å²) in [4.78, 5) is 15.3. The molecule has 3 aromatic heterocycles. The molecule has 29 heavy (non-hydrogen) atoms. The van der Waals surface area contributed by atoms with Gasteiger partial charge in [-0.2, -0.15) is 0 Å². The van der Waals surface area contributed by atoms with Gasteiger partial charge in [0.05, 0.1) is 0 Å². The number of pyridine rings is 1. The Labute approximate surface area is 168 Å². The Balaban J connectivity index is 1.45. The molecule has 0 N–H and O–H groups in total. The average Bonchev–Trinajstić information content (AvgIpc) is 3.37. The first kappa shape index (κ1) is 17.6. The Hall–Kier alpha value is -3.48. The number of hydrogen-bond acceptors (Lipinski definition) is 5. The van der Waals surface area contributed by atoms with Gasteiger partial charge < -0.3 is 9.42 Å². The summed E-state index contributed by atoms with van der Waals surface area (Å²) in [6, 6.07) is 15.5. The molecule has 1 aliphatic heterocycles. The molecule has 1 fully saturated rings. The number of piperidine rings is 1. The molecule has 1 saturated heterocycles. The molecule has 0 spiro atoms. The van der Waals surface area contributed by atoms with Crippen molar-refractivity contribution >= 4 is 11.6 Å². The fourth-order valence-electron chi connectivity index (χ4n) is 4.09. The van der Waals surface area contributed by atoms with Crippen LogP contribution in [-0.2, 0) is 0 Å². The van der Waals surface area contributed by atoms with Gasteiger partial charge >= 0.3 is 0 Å². The highest BCUT2D eigenvalue weighted by Gasteiger charge is 2.32. The maximum absolute atomic E-state index is 13.4. The molecule has 5 rings (SSSR count). The van der Waals surface area contributed by atoms with Crippen LogP contribution in [0.15, 0.2) is 59.3 Å². The van der Waals surface area contributed by atoms with Gasteiger partial charge in [-0.25, -0.2) is 0 Å². The van der Waals surface area contributed by atoms with Crippen LogP contribution >= 0.6 is 0 Å². The monoisotopic (exact) mass is 387 g/mol. The van der Waals surface area contributed by atoms with Crippen molar-refractivity contribution in [2.24, 2.45) is 0 Å². The van der Waals surface area contributed by atoms with Gasteiger partial charge in [-0.15, -0.1) is 10.2 Å². The molecular weight excluding hydrogens is 366 g/mol. The fraction of sp³-hybridized carbons (Fsp3) is 0.273. The number of likely N-dealkylation sites (tertiary alicyclic amines) is 1. The molecule has 7 heteroatoms. The number of hydrogen-bond donors (Lipinski definition) is 0. The minimum atomic E-state index is -0.0406. The van der Waals surface area contributed by atoms with E-state index in [1.54, 1.807) is 6.92 Å². The molecule has 0 bridgehead atoms. The number of benzene rings is 1. The molecular formula is C22H21N5O2. The molecule has 1 aliphatic rings. The van der Waals surface area contributed by atoms with E-state index < -0.39 is 0 Å². The maximum atomic E-state index is 13.4. The van der Waals surface area contributed by atoms with E-state index in [4.69, 9.17) is 4.52 Å². The number of carbonyl (C=O) groups is 1. The number of amides is 1. The van der Waals surface area contributed by atoms with E-state index in [9.17, 15) is 4.79 Å². The summed E-state index contributed by atoms with van der Waals surface area (Å²) >= 11 is 0. The predicted octanol–water partition coefficient (Wildman–Crippen LogP) is 3.71. The molecule has 0 aliphatic carbocycles. The molecule has 1 unspecified atom stereocenters. The number of aryl methyl sites for hydroxylation is 1. The zero-order valence-corrected chi connectivity index (χ0v) is 16.2. The first-order valence-corrected chi connectivity index (χ1v) is 9.83. The second kappa shape index (κ2) is 7.16. The standard InChI is InChI=1S/C22H21N5O2/c1-15-19(20(25-29-15)16-8-3-2-4-9-16)22(28)26-12-7-10-17(14-26)21-24-23-18-11-5-6-13-27(18)21/h2-6,8-9,11,13,17H,7,10,12,14H2,1H3. The second-order valence-electron chi connectivity index (χ2n) is 7.41. The van der Waals surface area contributed by atoms with Crippen LogP contribution in [0.1, 0.15) is 40.7 Å². The van der Waals surface area contributed by atoms with Gasteiger partial charge in [0.1, 0.15) is 22.8 Å². The van der Waals surface area contributed by atoms with E-state index in [1.807, 2.05) is 64.0 Å². The highest BCUT2D eigenvalue weighted by atomic mass is 16.5. The van der Waals surface area contributed by atoms with Gasteiger partial charge in [-0.3, -0.25) is 9.20 Å². The zero-order chi connectivity index (χ0) is 19.8. The molecule has 0 radical (unpaired) electrons. The predicted molar refractivity (Wildman–Crippen MR) is 108 cm³/mol. The summed E-state index contributed by atoms with van der Waals surface area (Å²) in [5, 5.41) is 12.8. The molecule has 0 saturated carbocycles. The van der Waals surface area contributed by atoms with Gasteiger partial charge in [0, 0.05) is 30.8 Å². The minimum absolute atomic E-state index is 0.0406. The van der Waals surface area contributed by atoms with Crippen LogP contribution in [0.25, 0.3) is 16.9 Å². The van der Waals surface area contributed by atoms with Gasteiger partial charge in [-0.05, 0) is 31.9 Å². The quantitative estimate of drug-likeness (QED) is 0.536. The van der Waals surface area contributed by atoms with E-state index in [-0.39, 0.29) is 11.8 Å². The van der Waals surface area contributed by atoms with Crippen molar-refractivity contribution in [1.82, 2.24) is 24.7 Å². The Bertz CT molecular complexity index is 1160. The van der Waals surface area contributed by atoms with E-state index in [0.717, 1.165) is 29.9 Å². The van der Waals surface area contributed by atoms with Crippen molar-refractivity contribution in [2.45, 2.75) is 25.7 Å². The number of rotatable bonds is 3. The lowest BCUT2D eigenvalue weighted by Crippen LogP contribution is -2.39. The van der Waals surface area contributed by atoms with E-state index in [1.165, 1.54) is 0 Å². The Morgan fingerprint density at radius 1 is 1.10 bits per heavy atom. The summed E-state index contributed by atoms with van der Waals surface area (Å²) in [5.74, 6) is 1.55. The van der Waals surface area contributed by atoms with Crippen molar-refractivity contribution in [1.29, 1.82) is 0 Å². The number of carbonyl (C=O) groups excluding carboxylic acids is 1. The van der Waals surface area contributed by atoms with Crippen LogP contribution in [0, 0.1) is 6.92 Å². The molecule has 146 valence electrons. The van der Waals surface area contributed by atoms with Crippen LogP contribution in [0.4, 0.5) is 0 Å². The molecule has 7 nitrogen and oxygen atoms in total. The van der Waals surface area contributed by atoms with Gasteiger partial charge in [0.2, 0.25) is 0 Å². The van der Waals surface area contributed by atoms with Crippen LogP contribution in [0.5, 0.6) is 0 Å². The Morgan fingerprint density at radius 3 is 2.79 bits per heavy atom. The molecule has 1 amide bonds. The fourth-order valence-corrected chi connectivity index (χ4v) is 4.09. The highest BCUT2D eigenvalue weighted by molar-refractivity contribution is 6.00. The summed E-state index contributed by atoms with van der Waals surface area (Å²) in [5.41, 5.74) is 2.85. The molecule has 4 aromatic rings. The highest BCUT2D eigenvalue weighted by Crippen LogP contribution is 2.30. The van der Waals surface area contributed by atoms with Gasteiger partial charge in [0.25, 0.3) is 5.91 Å². The largest absolute Gasteiger partial charge is 0.360 e. The average molecular weight is 387 g/mol. The summed E-state index contributed by atoms with van der Waals surface area (Å²) in [6.07, 6.45) is 3.87. The summed E-state index contributed by atoms with van der Waals surface area (Å²) in [6.45, 7) is 3.11. The number of fused-ring (bicyclic) bond motifs is 1. The SMILES string of the molecule is Cc1onc(-c2ccccc2)c1C(=O)N1CCCC(c2nnc3ccccn23)C1. The van der Waals surface area contributed by atoms with E-state index in [0.29, 0.717) is 30.1 Å². The van der Waals surface area contributed by atoms with E-state index >= 15 is 0 Å². The van der Waals surface area contributed by atoms with Crippen LogP contribution in [0.3, 0.4) is 0 Å². The molecule has 1 aromatic carbocycles. The number of nitrogens with zero attached hydrogens (tertiary/aromatic N) is 5. The third-order valence-electron chi connectivity index (χ3n) is 5.54. The summed E-state index contributed by atoms with van der Waals surface area (Å²) < 4.78 is 7.41. The molecule has 4 heterocycles. The second-order valence-corrected chi connectivity index (χ2v) is 7.41. The van der Waals surface area contributed by atoms with Crippen molar-refractivity contribution in [3.8, 4) is 11.3 Å². The summed E-state index contributed by atoms with van der Waals surface area (Å²) in [7, 11) is 0. The van der Waals surface area contributed by atoms with Gasteiger partial charge in [-0.1, -0.05) is 41.6 Å². The number of aromatic nitrogens is 4. The lowest BCUT2D eigenvalue weighted by molar-refractivity contribution is 0.0703. The Kier molecular flexibility index (Phi) is 4.35. The molecule has 1 atom stereocenters. The Morgan fingerprint density at radius 2 is 1.93 bits per heavy atom. The van der Waals surface area contributed by atoms with Crippen molar-refractivity contribution < 1.29 is 9.32 Å². The smallest absolute Gasteiger partial charge is 0.259 e.